The lowest BCUT2D eigenvalue weighted by molar-refractivity contribution is 0.105. The van der Waals surface area contributed by atoms with Crippen LogP contribution in [0.25, 0.3) is 10.9 Å². The van der Waals surface area contributed by atoms with Gasteiger partial charge in [0.1, 0.15) is 5.82 Å². The summed E-state index contributed by atoms with van der Waals surface area (Å²) in [5.41, 5.74) is 4.61. The average molecular weight is 349 g/mol. The number of anilines is 2. The molecule has 1 atom stereocenters. The molecule has 4 rings (SSSR count). The van der Waals surface area contributed by atoms with E-state index in [2.05, 4.69) is 34.5 Å². The van der Waals surface area contributed by atoms with Crippen LogP contribution >= 0.6 is 0 Å². The Morgan fingerprint density at radius 2 is 1.85 bits per heavy atom. The van der Waals surface area contributed by atoms with Crippen molar-refractivity contribution in [3.63, 3.8) is 0 Å². The Morgan fingerprint density at radius 1 is 1.08 bits per heavy atom. The number of rotatable bonds is 5. The van der Waals surface area contributed by atoms with Crippen molar-refractivity contribution in [1.82, 2.24) is 4.98 Å². The summed E-state index contributed by atoms with van der Waals surface area (Å²) in [5.74, 6) is 0.930. The molecule has 1 aliphatic heterocycles. The molecule has 1 aromatic heterocycles. The number of nitrogens with one attached hydrogen (secondary N) is 1. The second kappa shape index (κ2) is 7.32. The molecule has 2 aromatic carbocycles. The molecule has 5 heteroatoms. The van der Waals surface area contributed by atoms with Crippen LogP contribution in [-0.4, -0.2) is 41.0 Å². The predicted octanol–water partition coefficient (Wildman–Crippen LogP) is 2.56. The van der Waals surface area contributed by atoms with Gasteiger partial charge in [0.05, 0.1) is 18.2 Å². The fourth-order valence-corrected chi connectivity index (χ4v) is 3.45. The number of aliphatic hydroxyl groups is 2. The summed E-state index contributed by atoms with van der Waals surface area (Å²) in [4.78, 5) is 7.15. The molecular weight excluding hydrogens is 326 g/mol. The van der Waals surface area contributed by atoms with Crippen LogP contribution in [0, 0.1) is 0 Å². The smallest absolute Gasteiger partial charge is 0.131 e. The first-order valence-electron chi connectivity index (χ1n) is 8.99. The summed E-state index contributed by atoms with van der Waals surface area (Å²) in [6.45, 7) is 1.82. The van der Waals surface area contributed by atoms with Gasteiger partial charge in [0.25, 0.3) is 0 Å². The van der Waals surface area contributed by atoms with Gasteiger partial charge in [0, 0.05) is 36.8 Å². The van der Waals surface area contributed by atoms with Gasteiger partial charge < -0.3 is 20.4 Å². The van der Waals surface area contributed by atoms with Crippen LogP contribution in [0.4, 0.5) is 11.5 Å². The highest BCUT2D eigenvalue weighted by Crippen LogP contribution is 2.30. The molecule has 0 aliphatic carbocycles. The zero-order valence-electron chi connectivity index (χ0n) is 14.6. The highest BCUT2D eigenvalue weighted by Gasteiger charge is 2.18. The number of aromatic nitrogens is 1. The third-order valence-corrected chi connectivity index (χ3v) is 4.90. The minimum absolute atomic E-state index is 0.258. The molecule has 5 nitrogen and oxygen atoms in total. The molecule has 3 aromatic rings. The van der Waals surface area contributed by atoms with E-state index in [0.717, 1.165) is 41.9 Å². The molecule has 3 N–H and O–H groups in total. The summed E-state index contributed by atoms with van der Waals surface area (Å²) in [6, 6.07) is 18.6. The SMILES string of the molecule is OCC(O)CNc1cc(N2CCc3ccccc3C2)nc2ccccc12. The Labute approximate surface area is 152 Å². The van der Waals surface area contributed by atoms with Gasteiger partial charge in [-0.3, -0.25) is 0 Å². The Balaban J connectivity index is 1.67. The molecule has 0 spiro atoms. The van der Waals surface area contributed by atoms with Gasteiger partial charge in [-0.2, -0.15) is 0 Å². The Bertz CT molecular complexity index is 913. The van der Waals surface area contributed by atoms with E-state index in [9.17, 15) is 5.11 Å². The van der Waals surface area contributed by atoms with Crippen molar-refractivity contribution in [2.24, 2.45) is 0 Å². The molecule has 0 saturated heterocycles. The lowest BCUT2D eigenvalue weighted by Crippen LogP contribution is -2.31. The summed E-state index contributed by atoms with van der Waals surface area (Å²) in [7, 11) is 0. The molecule has 26 heavy (non-hydrogen) atoms. The zero-order chi connectivity index (χ0) is 17.9. The van der Waals surface area contributed by atoms with Crippen molar-refractivity contribution >= 4 is 22.4 Å². The van der Waals surface area contributed by atoms with Crippen LogP contribution in [0.3, 0.4) is 0 Å². The second-order valence-electron chi connectivity index (χ2n) is 6.70. The van der Waals surface area contributed by atoms with E-state index in [4.69, 9.17) is 10.1 Å². The van der Waals surface area contributed by atoms with Crippen LogP contribution in [-0.2, 0) is 13.0 Å². The van der Waals surface area contributed by atoms with Gasteiger partial charge in [-0.1, -0.05) is 42.5 Å². The number of hydrogen-bond acceptors (Lipinski definition) is 5. The first-order chi connectivity index (χ1) is 12.7. The monoisotopic (exact) mass is 349 g/mol. The average Bonchev–Trinajstić information content (AvgIpc) is 2.71. The topological polar surface area (TPSA) is 68.6 Å². The Kier molecular flexibility index (Phi) is 4.73. The van der Waals surface area contributed by atoms with E-state index < -0.39 is 6.10 Å². The first-order valence-corrected chi connectivity index (χ1v) is 8.99. The third kappa shape index (κ3) is 3.36. The Hall–Kier alpha value is -2.63. The molecule has 134 valence electrons. The number of pyridine rings is 1. The molecule has 2 heterocycles. The van der Waals surface area contributed by atoms with Gasteiger partial charge >= 0.3 is 0 Å². The third-order valence-electron chi connectivity index (χ3n) is 4.90. The van der Waals surface area contributed by atoms with Crippen molar-refractivity contribution in [1.29, 1.82) is 0 Å². The first kappa shape index (κ1) is 16.8. The quantitative estimate of drug-likeness (QED) is 0.660. The lowest BCUT2D eigenvalue weighted by atomic mass is 10.00. The molecule has 0 fully saturated rings. The summed E-state index contributed by atoms with van der Waals surface area (Å²) >= 11 is 0. The zero-order valence-corrected chi connectivity index (χ0v) is 14.6. The fourth-order valence-electron chi connectivity index (χ4n) is 3.45. The minimum atomic E-state index is -0.785. The number of fused-ring (bicyclic) bond motifs is 2. The maximum atomic E-state index is 9.68. The predicted molar refractivity (Wildman–Crippen MR) is 105 cm³/mol. The van der Waals surface area contributed by atoms with Gasteiger partial charge in [-0.25, -0.2) is 4.98 Å². The summed E-state index contributed by atoms with van der Waals surface area (Å²) in [6.07, 6.45) is 0.226. The summed E-state index contributed by atoms with van der Waals surface area (Å²) in [5, 5.41) is 23.0. The van der Waals surface area contributed by atoms with E-state index in [1.165, 1.54) is 11.1 Å². The lowest BCUT2D eigenvalue weighted by Gasteiger charge is -2.30. The Morgan fingerprint density at radius 3 is 2.69 bits per heavy atom. The van der Waals surface area contributed by atoms with E-state index in [-0.39, 0.29) is 6.61 Å². The van der Waals surface area contributed by atoms with Crippen molar-refractivity contribution in [2.45, 2.75) is 19.1 Å². The molecular formula is C21H23N3O2. The molecule has 1 unspecified atom stereocenters. The fraction of sp³-hybridized carbons (Fsp3) is 0.286. The molecule has 0 radical (unpaired) electrons. The van der Waals surface area contributed by atoms with Crippen LogP contribution in [0.15, 0.2) is 54.6 Å². The van der Waals surface area contributed by atoms with E-state index >= 15 is 0 Å². The normalized spacial score (nSPS) is 14.9. The van der Waals surface area contributed by atoms with E-state index in [1.54, 1.807) is 0 Å². The maximum Gasteiger partial charge on any atom is 0.131 e. The standard InChI is InChI=1S/C21H23N3O2/c25-14-17(26)12-22-20-11-21(23-19-8-4-3-7-18(19)20)24-10-9-15-5-1-2-6-16(15)13-24/h1-8,11,17,25-26H,9-10,12-14H2,(H,22,23). The second-order valence-corrected chi connectivity index (χ2v) is 6.70. The van der Waals surface area contributed by atoms with Crippen molar-refractivity contribution in [2.75, 3.05) is 29.9 Å². The van der Waals surface area contributed by atoms with Crippen LogP contribution < -0.4 is 10.2 Å². The van der Waals surface area contributed by atoms with E-state index in [1.807, 2.05) is 30.3 Å². The number of para-hydroxylation sites is 1. The van der Waals surface area contributed by atoms with E-state index in [0.29, 0.717) is 6.54 Å². The van der Waals surface area contributed by atoms with Gasteiger partial charge in [0.15, 0.2) is 0 Å². The number of hydrogen-bond donors (Lipinski definition) is 3. The number of aliphatic hydroxyl groups excluding tert-OH is 2. The molecule has 1 aliphatic rings. The highest BCUT2D eigenvalue weighted by atomic mass is 16.3. The number of nitrogens with zero attached hydrogens (tertiary/aromatic N) is 2. The highest BCUT2D eigenvalue weighted by molar-refractivity contribution is 5.93. The van der Waals surface area contributed by atoms with Gasteiger partial charge in [-0.15, -0.1) is 0 Å². The molecule has 0 saturated carbocycles. The van der Waals surface area contributed by atoms with Crippen molar-refractivity contribution in [3.8, 4) is 0 Å². The maximum absolute atomic E-state index is 9.68. The largest absolute Gasteiger partial charge is 0.394 e. The molecule has 0 bridgehead atoms. The van der Waals surface area contributed by atoms with Crippen molar-refractivity contribution < 1.29 is 10.2 Å². The number of benzene rings is 2. The van der Waals surface area contributed by atoms with Gasteiger partial charge in [0.2, 0.25) is 0 Å². The van der Waals surface area contributed by atoms with Crippen molar-refractivity contribution in [3.05, 3.63) is 65.7 Å². The van der Waals surface area contributed by atoms with Crippen LogP contribution in [0.5, 0.6) is 0 Å². The van der Waals surface area contributed by atoms with Gasteiger partial charge in [-0.05, 0) is 23.6 Å². The molecule has 0 amide bonds. The van der Waals surface area contributed by atoms with Crippen LogP contribution in [0.1, 0.15) is 11.1 Å². The van der Waals surface area contributed by atoms with Crippen LogP contribution in [0.2, 0.25) is 0 Å². The summed E-state index contributed by atoms with van der Waals surface area (Å²) < 4.78 is 0. The minimum Gasteiger partial charge on any atom is -0.394 e.